The van der Waals surface area contributed by atoms with Crippen LogP contribution in [0.25, 0.3) is 21.5 Å². The summed E-state index contributed by atoms with van der Waals surface area (Å²) in [4.78, 5) is 37.5. The summed E-state index contributed by atoms with van der Waals surface area (Å²) < 4.78 is 6.53. The molecule has 3 aromatic rings. The first kappa shape index (κ1) is 22.8. The van der Waals surface area contributed by atoms with Gasteiger partial charge in [-0.05, 0) is 6.92 Å². The van der Waals surface area contributed by atoms with Crippen molar-refractivity contribution in [2.75, 3.05) is 69.7 Å². The number of carbonyl (C=O) groups excluding carboxylic acids is 1. The molecule has 180 valence electrons. The fourth-order valence-corrected chi connectivity index (χ4v) is 5.46. The van der Waals surface area contributed by atoms with Crippen molar-refractivity contribution in [2.24, 2.45) is 0 Å². The number of piperazine rings is 1. The maximum absolute atomic E-state index is 11.8. The number of aliphatic hydroxyl groups excluding tert-OH is 1. The molecule has 11 nitrogen and oxygen atoms in total. The van der Waals surface area contributed by atoms with Crippen molar-refractivity contribution in [1.82, 2.24) is 29.7 Å². The van der Waals surface area contributed by atoms with Crippen LogP contribution in [0.2, 0.25) is 0 Å². The molecule has 3 N–H and O–H groups in total. The first-order valence-corrected chi connectivity index (χ1v) is 12.2. The Morgan fingerprint density at radius 3 is 2.50 bits per heavy atom. The van der Waals surface area contributed by atoms with E-state index in [0.29, 0.717) is 32.3 Å². The molecule has 0 unspecified atom stereocenters. The van der Waals surface area contributed by atoms with E-state index in [4.69, 9.17) is 25.5 Å². The van der Waals surface area contributed by atoms with Gasteiger partial charge in [0, 0.05) is 74.2 Å². The highest BCUT2D eigenvalue weighted by Crippen LogP contribution is 2.38. The number of nitrogen functional groups attached to an aromatic ring is 1. The number of aliphatic hydroxyl groups is 1. The van der Waals surface area contributed by atoms with E-state index in [1.807, 2.05) is 0 Å². The molecule has 0 spiro atoms. The second-order valence-corrected chi connectivity index (χ2v) is 9.66. The number of nitrogens with two attached hydrogens (primary N) is 1. The molecule has 0 radical (unpaired) electrons. The molecule has 0 atom stereocenters. The third kappa shape index (κ3) is 4.53. The molecular formula is C22H28N8O3S. The third-order valence-corrected chi connectivity index (χ3v) is 7.44. The zero-order valence-corrected chi connectivity index (χ0v) is 19.9. The minimum atomic E-state index is -0.437. The van der Waals surface area contributed by atoms with Crippen LogP contribution in [0.1, 0.15) is 10.4 Å². The molecule has 2 fully saturated rings. The molecule has 5 heterocycles. The van der Waals surface area contributed by atoms with Crippen LogP contribution >= 0.6 is 11.3 Å². The number of rotatable bonds is 5. The summed E-state index contributed by atoms with van der Waals surface area (Å²) in [6.45, 7) is 7.92. The number of aryl methyl sites for hydroxylation is 1. The van der Waals surface area contributed by atoms with E-state index in [2.05, 4.69) is 26.7 Å². The lowest BCUT2D eigenvalue weighted by Crippen LogP contribution is -2.49. The molecule has 2 aliphatic rings. The Hall–Kier alpha value is -2.93. The van der Waals surface area contributed by atoms with Crippen LogP contribution in [0.4, 0.5) is 11.9 Å². The summed E-state index contributed by atoms with van der Waals surface area (Å²) >= 11 is 1.68. The quantitative estimate of drug-likeness (QED) is 0.528. The Bertz CT molecular complexity index is 1170. The molecule has 0 aliphatic carbocycles. The van der Waals surface area contributed by atoms with Gasteiger partial charge in [-0.2, -0.15) is 0 Å². The van der Waals surface area contributed by atoms with Crippen LogP contribution in [0, 0.1) is 6.92 Å². The van der Waals surface area contributed by atoms with Gasteiger partial charge in [-0.3, -0.25) is 9.69 Å². The van der Waals surface area contributed by atoms with E-state index in [-0.39, 0.29) is 11.9 Å². The topological polar surface area (TPSA) is 134 Å². The SMILES string of the molecule is Cc1sc2c(-c3cnc(N)nc3)nc(N3CCOCC3)nc2c1CN1CCN(C(=O)CO)CC1. The van der Waals surface area contributed by atoms with E-state index in [1.165, 1.54) is 10.4 Å². The highest BCUT2D eigenvalue weighted by molar-refractivity contribution is 7.19. The molecule has 5 rings (SSSR count). The average Bonchev–Trinajstić information content (AvgIpc) is 3.19. The number of ether oxygens (including phenoxy) is 1. The highest BCUT2D eigenvalue weighted by Gasteiger charge is 2.25. The van der Waals surface area contributed by atoms with Gasteiger partial charge in [0.15, 0.2) is 0 Å². The van der Waals surface area contributed by atoms with Gasteiger partial charge in [0.25, 0.3) is 0 Å². The summed E-state index contributed by atoms with van der Waals surface area (Å²) in [7, 11) is 0. The Morgan fingerprint density at radius 2 is 1.82 bits per heavy atom. The largest absolute Gasteiger partial charge is 0.387 e. The van der Waals surface area contributed by atoms with Crippen LogP contribution < -0.4 is 10.6 Å². The second kappa shape index (κ2) is 9.74. The van der Waals surface area contributed by atoms with Crippen molar-refractivity contribution in [1.29, 1.82) is 0 Å². The standard InChI is InChI=1S/C22H28N8O3S/c1-14-16(12-28-2-4-29(5-3-28)17(32)13-31)19-20(34-14)18(15-10-24-21(23)25-11-15)26-22(27-19)30-6-8-33-9-7-30/h10-11,31H,2-9,12-13H2,1H3,(H2,23,24,25). The second-order valence-electron chi connectivity index (χ2n) is 8.43. The molecule has 1 amide bonds. The number of morpholine rings is 1. The van der Waals surface area contributed by atoms with Crippen LogP contribution in [0.3, 0.4) is 0 Å². The normalized spacial score (nSPS) is 17.5. The minimum absolute atomic E-state index is 0.213. The van der Waals surface area contributed by atoms with Crippen molar-refractivity contribution in [2.45, 2.75) is 13.5 Å². The van der Waals surface area contributed by atoms with Gasteiger partial charge in [-0.25, -0.2) is 19.9 Å². The fourth-order valence-electron chi connectivity index (χ4n) is 4.35. The Labute approximate surface area is 201 Å². The van der Waals surface area contributed by atoms with E-state index >= 15 is 0 Å². The molecule has 2 saturated heterocycles. The van der Waals surface area contributed by atoms with Crippen molar-refractivity contribution in [3.8, 4) is 11.3 Å². The van der Waals surface area contributed by atoms with Gasteiger partial charge in [-0.15, -0.1) is 11.3 Å². The molecule has 3 aromatic heterocycles. The number of thiophene rings is 1. The van der Waals surface area contributed by atoms with Crippen LogP contribution in [0.15, 0.2) is 12.4 Å². The number of anilines is 2. The molecule has 2 aliphatic heterocycles. The Kier molecular flexibility index (Phi) is 6.55. The number of hydrogen-bond donors (Lipinski definition) is 2. The predicted octanol–water partition coefficient (Wildman–Crippen LogP) is 0.512. The summed E-state index contributed by atoms with van der Waals surface area (Å²) in [6.07, 6.45) is 3.42. The first-order valence-electron chi connectivity index (χ1n) is 11.3. The third-order valence-electron chi connectivity index (χ3n) is 6.30. The van der Waals surface area contributed by atoms with Gasteiger partial charge in [-0.1, -0.05) is 0 Å². The monoisotopic (exact) mass is 484 g/mol. The van der Waals surface area contributed by atoms with Crippen LogP contribution in [-0.4, -0.2) is 99.8 Å². The number of hydrogen-bond acceptors (Lipinski definition) is 11. The maximum atomic E-state index is 11.8. The van der Waals surface area contributed by atoms with Crippen LogP contribution in [0.5, 0.6) is 0 Å². The smallest absolute Gasteiger partial charge is 0.248 e. The summed E-state index contributed by atoms with van der Waals surface area (Å²) in [5, 5.41) is 9.14. The zero-order chi connectivity index (χ0) is 23.7. The van der Waals surface area contributed by atoms with Gasteiger partial charge in [0.1, 0.15) is 6.61 Å². The van der Waals surface area contributed by atoms with Gasteiger partial charge >= 0.3 is 0 Å². The summed E-state index contributed by atoms with van der Waals surface area (Å²) in [5.41, 5.74) is 9.45. The van der Waals surface area contributed by atoms with Crippen LogP contribution in [-0.2, 0) is 16.1 Å². The zero-order valence-electron chi connectivity index (χ0n) is 19.1. The summed E-state index contributed by atoms with van der Waals surface area (Å²) in [6, 6.07) is 0. The number of amides is 1. The number of fused-ring (bicyclic) bond motifs is 1. The number of nitrogens with zero attached hydrogens (tertiary/aromatic N) is 7. The lowest BCUT2D eigenvalue weighted by atomic mass is 10.1. The molecule has 12 heteroatoms. The average molecular weight is 485 g/mol. The van der Waals surface area contributed by atoms with Crippen molar-refractivity contribution >= 4 is 39.4 Å². The van der Waals surface area contributed by atoms with E-state index < -0.39 is 6.61 Å². The van der Waals surface area contributed by atoms with Crippen molar-refractivity contribution in [3.63, 3.8) is 0 Å². The van der Waals surface area contributed by atoms with Gasteiger partial charge in [0.05, 0.1) is 29.1 Å². The first-order chi connectivity index (χ1) is 16.5. The number of aromatic nitrogens is 4. The van der Waals surface area contributed by atoms with Gasteiger partial charge < -0.3 is 25.4 Å². The Balaban J connectivity index is 1.51. The highest BCUT2D eigenvalue weighted by atomic mass is 32.1. The molecule has 0 saturated carbocycles. The Morgan fingerprint density at radius 1 is 1.12 bits per heavy atom. The van der Waals surface area contributed by atoms with Crippen molar-refractivity contribution in [3.05, 3.63) is 22.8 Å². The molecule has 0 aromatic carbocycles. The summed E-state index contributed by atoms with van der Waals surface area (Å²) in [5.74, 6) is 0.694. The van der Waals surface area contributed by atoms with E-state index in [9.17, 15) is 4.79 Å². The number of carbonyl (C=O) groups is 1. The van der Waals surface area contributed by atoms with Gasteiger partial charge in [0.2, 0.25) is 17.8 Å². The molecule has 0 bridgehead atoms. The predicted molar refractivity (Wildman–Crippen MR) is 130 cm³/mol. The van der Waals surface area contributed by atoms with Crippen molar-refractivity contribution < 1.29 is 14.6 Å². The van der Waals surface area contributed by atoms with E-state index in [0.717, 1.165) is 54.2 Å². The molecule has 34 heavy (non-hydrogen) atoms. The maximum Gasteiger partial charge on any atom is 0.248 e. The molecular weight excluding hydrogens is 456 g/mol. The fraction of sp³-hybridized carbons (Fsp3) is 0.500. The lowest BCUT2D eigenvalue weighted by molar-refractivity contribution is -0.135. The van der Waals surface area contributed by atoms with E-state index in [1.54, 1.807) is 28.6 Å². The lowest BCUT2D eigenvalue weighted by Gasteiger charge is -2.34. The minimum Gasteiger partial charge on any atom is -0.387 e.